The zero-order chi connectivity index (χ0) is 22.9. The minimum Gasteiger partial charge on any atom is -0.450 e. The molecule has 0 spiro atoms. The van der Waals surface area contributed by atoms with E-state index < -0.39 is 0 Å². The van der Waals surface area contributed by atoms with Crippen LogP contribution in [-0.2, 0) is 10.2 Å². The highest BCUT2D eigenvalue weighted by atomic mass is 32.1. The number of amides is 1. The van der Waals surface area contributed by atoms with Crippen molar-refractivity contribution in [3.63, 3.8) is 0 Å². The number of nitrogens with zero attached hydrogens (tertiary/aromatic N) is 2. The van der Waals surface area contributed by atoms with E-state index >= 15 is 0 Å². The fourth-order valence-electron chi connectivity index (χ4n) is 4.59. The Morgan fingerprint density at radius 1 is 1.19 bits per heavy atom. The Morgan fingerprint density at radius 3 is 2.47 bits per heavy atom. The van der Waals surface area contributed by atoms with Crippen molar-refractivity contribution in [2.45, 2.75) is 77.0 Å². The van der Waals surface area contributed by atoms with E-state index in [2.05, 4.69) is 45.5 Å². The summed E-state index contributed by atoms with van der Waals surface area (Å²) >= 11 is 1.76. The lowest BCUT2D eigenvalue weighted by Gasteiger charge is -2.30. The number of ether oxygens (including phenoxy) is 1. The van der Waals surface area contributed by atoms with Gasteiger partial charge in [-0.15, -0.1) is 11.3 Å². The molecule has 5 heteroatoms. The normalized spacial score (nSPS) is 17.8. The van der Waals surface area contributed by atoms with Crippen LogP contribution in [0.15, 0.2) is 24.8 Å². The first kappa shape index (κ1) is 23.0. The van der Waals surface area contributed by atoms with Crippen LogP contribution in [0.1, 0.15) is 92.6 Å². The number of hydrogen-bond acceptors (Lipinski definition) is 4. The summed E-state index contributed by atoms with van der Waals surface area (Å²) in [4.78, 5) is 20.2. The van der Waals surface area contributed by atoms with Crippen LogP contribution in [0.5, 0.6) is 0 Å². The van der Waals surface area contributed by atoms with Crippen LogP contribution in [0.3, 0.4) is 0 Å². The fourth-order valence-corrected chi connectivity index (χ4v) is 5.70. The van der Waals surface area contributed by atoms with Gasteiger partial charge in [-0.3, -0.25) is 0 Å². The summed E-state index contributed by atoms with van der Waals surface area (Å²) in [6.45, 7) is 14.7. The molecule has 0 radical (unpaired) electrons. The first-order valence-electron chi connectivity index (χ1n) is 12.0. The van der Waals surface area contributed by atoms with Crippen LogP contribution in [-0.4, -0.2) is 35.7 Å². The van der Waals surface area contributed by atoms with Crippen molar-refractivity contribution in [2.24, 2.45) is 0 Å². The summed E-state index contributed by atoms with van der Waals surface area (Å²) in [5, 5.41) is 1.17. The molecule has 172 valence electrons. The minimum atomic E-state index is -0.194. The van der Waals surface area contributed by atoms with Gasteiger partial charge in [0.05, 0.1) is 22.2 Å². The third-order valence-corrected chi connectivity index (χ3v) is 8.11. The molecular formula is C27H36N2O2S. The van der Waals surface area contributed by atoms with Crippen molar-refractivity contribution in [2.75, 3.05) is 19.7 Å². The Hall–Kier alpha value is -2.14. The highest BCUT2D eigenvalue weighted by Crippen LogP contribution is 2.42. The molecule has 2 aromatic rings. The average Bonchev–Trinajstić information content (AvgIpc) is 3.16. The molecule has 1 saturated heterocycles. The van der Waals surface area contributed by atoms with Crippen LogP contribution < -0.4 is 0 Å². The van der Waals surface area contributed by atoms with Gasteiger partial charge in [0, 0.05) is 24.6 Å². The zero-order valence-electron chi connectivity index (χ0n) is 19.9. The lowest BCUT2D eigenvalue weighted by molar-refractivity contribution is 0.0970. The second-order valence-corrected chi connectivity index (χ2v) is 11.2. The number of carbonyl (C=O) groups excluding carboxylic acids is 1. The average molecular weight is 453 g/mol. The summed E-state index contributed by atoms with van der Waals surface area (Å²) in [5.41, 5.74) is 5.23. The standard InChI is InChI=1S/C27H36N2O2S/c1-6-23-24(21-15-20(18-9-8-10-18)16-22(17-21)27(3,4)5)28-25(32-23)19-11-13-29(14-12-19)26(30)31-7-2/h6,15-19H,1,7-14H2,2-5H3. The third kappa shape index (κ3) is 4.78. The fraction of sp³-hybridized carbons (Fsp3) is 0.556. The van der Waals surface area contributed by atoms with Gasteiger partial charge in [-0.2, -0.15) is 0 Å². The maximum Gasteiger partial charge on any atom is 0.409 e. The van der Waals surface area contributed by atoms with Crippen molar-refractivity contribution in [1.29, 1.82) is 0 Å². The predicted octanol–water partition coefficient (Wildman–Crippen LogP) is 7.35. The molecule has 1 amide bonds. The van der Waals surface area contributed by atoms with Gasteiger partial charge in [0.25, 0.3) is 0 Å². The van der Waals surface area contributed by atoms with E-state index in [1.165, 1.54) is 41.0 Å². The van der Waals surface area contributed by atoms with E-state index in [1.54, 1.807) is 11.3 Å². The Balaban J connectivity index is 1.61. The van der Waals surface area contributed by atoms with Crippen molar-refractivity contribution in [3.8, 4) is 11.3 Å². The molecule has 1 aliphatic carbocycles. The van der Waals surface area contributed by atoms with Crippen LogP contribution in [0.4, 0.5) is 4.79 Å². The van der Waals surface area contributed by atoms with Gasteiger partial charge in [0.1, 0.15) is 0 Å². The number of carbonyl (C=O) groups is 1. The van der Waals surface area contributed by atoms with E-state index in [1.807, 2.05) is 17.9 Å². The van der Waals surface area contributed by atoms with Crippen molar-refractivity contribution in [3.05, 3.63) is 45.8 Å². The second-order valence-electron chi connectivity index (χ2n) is 10.2. The smallest absolute Gasteiger partial charge is 0.409 e. The summed E-state index contributed by atoms with van der Waals surface area (Å²) in [6.07, 6.45) is 7.54. The highest BCUT2D eigenvalue weighted by Gasteiger charge is 2.28. The van der Waals surface area contributed by atoms with E-state index in [-0.39, 0.29) is 11.5 Å². The molecular weight excluding hydrogens is 416 g/mol. The molecule has 1 aromatic heterocycles. The van der Waals surface area contributed by atoms with Crippen LogP contribution in [0, 0.1) is 0 Å². The second kappa shape index (κ2) is 9.38. The molecule has 0 N–H and O–H groups in total. The molecule has 0 bridgehead atoms. The van der Waals surface area contributed by atoms with Gasteiger partial charge in [0.2, 0.25) is 0 Å². The summed E-state index contributed by atoms with van der Waals surface area (Å²) in [5.74, 6) is 1.07. The maximum absolute atomic E-state index is 12.0. The lowest BCUT2D eigenvalue weighted by atomic mass is 9.76. The summed E-state index contributed by atoms with van der Waals surface area (Å²) < 4.78 is 5.16. The van der Waals surface area contributed by atoms with E-state index in [9.17, 15) is 4.79 Å². The molecule has 1 saturated carbocycles. The quantitative estimate of drug-likeness (QED) is 0.476. The molecule has 4 nitrogen and oxygen atoms in total. The van der Waals surface area contributed by atoms with Crippen molar-refractivity contribution >= 4 is 23.5 Å². The molecule has 1 aromatic carbocycles. The molecule has 2 heterocycles. The number of thiazole rings is 1. The topological polar surface area (TPSA) is 42.4 Å². The monoisotopic (exact) mass is 452 g/mol. The van der Waals surface area contributed by atoms with Gasteiger partial charge >= 0.3 is 6.09 Å². The molecule has 2 fully saturated rings. The number of hydrogen-bond donors (Lipinski definition) is 0. The minimum absolute atomic E-state index is 0.0988. The summed E-state index contributed by atoms with van der Waals surface area (Å²) in [7, 11) is 0. The van der Waals surface area contributed by atoms with Gasteiger partial charge < -0.3 is 9.64 Å². The van der Waals surface area contributed by atoms with Gasteiger partial charge in [0.15, 0.2) is 0 Å². The number of aromatic nitrogens is 1. The lowest BCUT2D eigenvalue weighted by Crippen LogP contribution is -2.38. The van der Waals surface area contributed by atoms with Gasteiger partial charge in [-0.1, -0.05) is 39.8 Å². The van der Waals surface area contributed by atoms with Crippen molar-refractivity contribution < 1.29 is 9.53 Å². The highest BCUT2D eigenvalue weighted by molar-refractivity contribution is 7.13. The molecule has 4 rings (SSSR count). The third-order valence-electron chi connectivity index (χ3n) is 6.90. The Kier molecular flexibility index (Phi) is 6.75. The number of benzene rings is 1. The predicted molar refractivity (Wildman–Crippen MR) is 134 cm³/mol. The van der Waals surface area contributed by atoms with E-state index in [0.29, 0.717) is 18.4 Å². The molecule has 32 heavy (non-hydrogen) atoms. The first-order valence-corrected chi connectivity index (χ1v) is 12.8. The molecule has 1 aliphatic heterocycles. The van der Waals surface area contributed by atoms with Crippen LogP contribution in [0.2, 0.25) is 0 Å². The molecule has 2 aliphatic rings. The van der Waals surface area contributed by atoms with E-state index in [4.69, 9.17) is 9.72 Å². The van der Waals surface area contributed by atoms with Gasteiger partial charge in [-0.25, -0.2) is 9.78 Å². The van der Waals surface area contributed by atoms with E-state index in [0.717, 1.165) is 36.5 Å². The number of piperidine rings is 1. The SMILES string of the molecule is C=Cc1sc(C2CCN(C(=O)OCC)CC2)nc1-c1cc(C2CCC2)cc(C(C)(C)C)c1. The number of likely N-dealkylation sites (tertiary alicyclic amines) is 1. The largest absolute Gasteiger partial charge is 0.450 e. The first-order chi connectivity index (χ1) is 15.3. The van der Waals surface area contributed by atoms with Crippen LogP contribution >= 0.6 is 11.3 Å². The van der Waals surface area contributed by atoms with Crippen LogP contribution in [0.25, 0.3) is 17.3 Å². The summed E-state index contributed by atoms with van der Waals surface area (Å²) in [6, 6.07) is 7.12. The zero-order valence-corrected chi connectivity index (χ0v) is 20.8. The van der Waals surface area contributed by atoms with Crippen molar-refractivity contribution in [1.82, 2.24) is 9.88 Å². The number of rotatable bonds is 5. The Morgan fingerprint density at radius 2 is 1.91 bits per heavy atom. The molecule has 0 unspecified atom stereocenters. The Labute approximate surface area is 196 Å². The maximum atomic E-state index is 12.0. The molecule has 0 atom stereocenters. The Bertz CT molecular complexity index is 976. The van der Waals surface area contributed by atoms with Gasteiger partial charge in [-0.05, 0) is 73.3 Å².